The number of carbonyl (C=O) groups excluding carboxylic acids is 1. The predicted molar refractivity (Wildman–Crippen MR) is 123 cm³/mol. The molecule has 1 amide bonds. The van der Waals surface area contributed by atoms with Gasteiger partial charge in [-0.15, -0.1) is 0 Å². The zero-order valence-electron chi connectivity index (χ0n) is 18.5. The van der Waals surface area contributed by atoms with Crippen LogP contribution in [-0.2, 0) is 14.8 Å². The third-order valence-corrected chi connectivity index (χ3v) is 6.02. The molecule has 0 spiro atoms. The Morgan fingerprint density at radius 1 is 0.882 bits per heavy atom. The van der Waals surface area contributed by atoms with Crippen molar-refractivity contribution in [2.24, 2.45) is 0 Å². The smallest absolute Gasteiger partial charge is 0.387 e. The van der Waals surface area contributed by atoms with E-state index in [9.17, 15) is 22.0 Å². The molecule has 0 aromatic heterocycles. The minimum Gasteiger partial charge on any atom is -0.497 e. The number of alkyl halides is 2. The average molecular weight is 493 g/mol. The van der Waals surface area contributed by atoms with Crippen LogP contribution in [-0.4, -0.2) is 35.2 Å². The molecule has 0 radical (unpaired) electrons. The minimum absolute atomic E-state index is 0.0506. The van der Waals surface area contributed by atoms with Crippen molar-refractivity contribution in [3.8, 4) is 28.4 Å². The molecule has 0 saturated heterocycles. The number of methoxy groups -OCH3 is 2. The van der Waals surface area contributed by atoms with Crippen LogP contribution in [0.4, 0.5) is 20.2 Å². The van der Waals surface area contributed by atoms with E-state index in [2.05, 4.69) is 14.8 Å². The van der Waals surface area contributed by atoms with E-state index in [0.717, 1.165) is 0 Å². The second-order valence-electron chi connectivity index (χ2n) is 6.97. The average Bonchev–Trinajstić information content (AvgIpc) is 2.79. The van der Waals surface area contributed by atoms with Crippen LogP contribution in [0.15, 0.2) is 65.6 Å². The second-order valence-corrected chi connectivity index (χ2v) is 8.62. The van der Waals surface area contributed by atoms with E-state index in [1.165, 1.54) is 57.5 Å². The molecule has 0 bridgehead atoms. The molecule has 0 aliphatic rings. The summed E-state index contributed by atoms with van der Waals surface area (Å²) in [7, 11) is -1.39. The first-order chi connectivity index (χ1) is 16.1. The topological polar surface area (TPSA) is 103 Å². The summed E-state index contributed by atoms with van der Waals surface area (Å²) in [6.07, 6.45) is 0. The number of sulfonamides is 1. The standard InChI is InChI=1S/C23H22F2N2O6S/c1-14(28)26-16-6-11-21(32-3)22(13-16)34(29,30)27-17-7-10-20(33-23(24)25)19(12-17)15-4-8-18(31-2)9-5-15/h4-13,23,27H,1-3H3,(H,26,28). The van der Waals surface area contributed by atoms with Gasteiger partial charge >= 0.3 is 6.61 Å². The quantitative estimate of drug-likeness (QED) is 0.448. The van der Waals surface area contributed by atoms with E-state index >= 15 is 0 Å². The maximum Gasteiger partial charge on any atom is 0.387 e. The summed E-state index contributed by atoms with van der Waals surface area (Å²) in [6.45, 7) is -1.78. The van der Waals surface area contributed by atoms with Crippen LogP contribution in [0.2, 0.25) is 0 Å². The van der Waals surface area contributed by atoms with Crippen LogP contribution in [0, 0.1) is 0 Å². The zero-order chi connectivity index (χ0) is 24.9. The fourth-order valence-corrected chi connectivity index (χ4v) is 4.41. The second kappa shape index (κ2) is 10.4. The Hall–Kier alpha value is -3.86. The highest BCUT2D eigenvalue weighted by molar-refractivity contribution is 7.92. The Morgan fingerprint density at radius 2 is 1.53 bits per heavy atom. The van der Waals surface area contributed by atoms with Crippen molar-refractivity contribution in [2.45, 2.75) is 18.4 Å². The van der Waals surface area contributed by atoms with E-state index < -0.39 is 16.6 Å². The third kappa shape index (κ3) is 5.93. The largest absolute Gasteiger partial charge is 0.497 e. The van der Waals surface area contributed by atoms with Crippen LogP contribution in [0.1, 0.15) is 6.92 Å². The Kier molecular flexibility index (Phi) is 7.57. The summed E-state index contributed by atoms with van der Waals surface area (Å²) in [4.78, 5) is 11.1. The maximum absolute atomic E-state index is 13.1. The molecule has 0 atom stereocenters. The Labute approximate surface area is 195 Å². The highest BCUT2D eigenvalue weighted by Crippen LogP contribution is 2.36. The molecule has 3 aromatic carbocycles. The van der Waals surface area contributed by atoms with Gasteiger partial charge in [0.15, 0.2) is 0 Å². The van der Waals surface area contributed by atoms with E-state index in [4.69, 9.17) is 9.47 Å². The fourth-order valence-electron chi connectivity index (χ4n) is 3.17. The van der Waals surface area contributed by atoms with Gasteiger partial charge in [0.2, 0.25) is 5.91 Å². The fraction of sp³-hybridized carbons (Fsp3) is 0.174. The van der Waals surface area contributed by atoms with Gasteiger partial charge in [-0.1, -0.05) is 12.1 Å². The van der Waals surface area contributed by atoms with Crippen molar-refractivity contribution in [1.82, 2.24) is 0 Å². The molecule has 11 heteroatoms. The number of amides is 1. The lowest BCUT2D eigenvalue weighted by Crippen LogP contribution is -2.15. The van der Waals surface area contributed by atoms with Crippen LogP contribution in [0.25, 0.3) is 11.1 Å². The maximum atomic E-state index is 13.1. The first kappa shape index (κ1) is 24.8. The van der Waals surface area contributed by atoms with Gasteiger partial charge in [0.05, 0.1) is 14.2 Å². The van der Waals surface area contributed by atoms with Crippen LogP contribution < -0.4 is 24.2 Å². The predicted octanol–water partition coefficient (Wildman–Crippen LogP) is 4.73. The minimum atomic E-state index is -4.20. The molecular formula is C23H22F2N2O6S. The monoisotopic (exact) mass is 492 g/mol. The summed E-state index contributed by atoms with van der Waals surface area (Å²) < 4.78 is 69.5. The molecule has 8 nitrogen and oxygen atoms in total. The van der Waals surface area contributed by atoms with Crippen molar-refractivity contribution in [1.29, 1.82) is 0 Å². The molecule has 0 aliphatic heterocycles. The molecule has 34 heavy (non-hydrogen) atoms. The Balaban J connectivity index is 2.02. The third-order valence-electron chi connectivity index (χ3n) is 4.62. The molecule has 0 heterocycles. The van der Waals surface area contributed by atoms with Crippen molar-refractivity contribution < 1.29 is 36.2 Å². The highest BCUT2D eigenvalue weighted by Gasteiger charge is 2.22. The normalized spacial score (nSPS) is 11.1. The van der Waals surface area contributed by atoms with Crippen LogP contribution >= 0.6 is 0 Å². The van der Waals surface area contributed by atoms with E-state index in [0.29, 0.717) is 11.3 Å². The van der Waals surface area contributed by atoms with Gasteiger partial charge in [-0.3, -0.25) is 9.52 Å². The van der Waals surface area contributed by atoms with E-state index in [1.807, 2.05) is 0 Å². The number of halogens is 2. The summed E-state index contributed by atoms with van der Waals surface area (Å²) in [5.41, 5.74) is 1.09. The van der Waals surface area contributed by atoms with Gasteiger partial charge in [0.1, 0.15) is 22.1 Å². The first-order valence-corrected chi connectivity index (χ1v) is 11.3. The summed E-state index contributed by atoms with van der Waals surface area (Å²) in [5.74, 6) is 0.103. The number of nitrogens with one attached hydrogen (secondary N) is 2. The number of benzene rings is 3. The lowest BCUT2D eigenvalue weighted by atomic mass is 10.0. The molecule has 3 rings (SSSR count). The van der Waals surface area contributed by atoms with Crippen molar-refractivity contribution in [3.63, 3.8) is 0 Å². The number of hydrogen-bond donors (Lipinski definition) is 2. The molecular weight excluding hydrogens is 470 g/mol. The number of ether oxygens (including phenoxy) is 3. The van der Waals surface area contributed by atoms with Gasteiger partial charge < -0.3 is 19.5 Å². The molecule has 3 aromatic rings. The molecule has 0 unspecified atom stereocenters. The van der Waals surface area contributed by atoms with Crippen LogP contribution in [0.5, 0.6) is 17.2 Å². The highest BCUT2D eigenvalue weighted by atomic mass is 32.2. The number of anilines is 2. The van der Waals surface area contributed by atoms with E-state index in [1.54, 1.807) is 24.3 Å². The Morgan fingerprint density at radius 3 is 2.12 bits per heavy atom. The zero-order valence-corrected chi connectivity index (χ0v) is 19.3. The molecule has 0 saturated carbocycles. The number of carbonyl (C=O) groups is 1. The van der Waals surface area contributed by atoms with Crippen molar-refractivity contribution in [3.05, 3.63) is 60.7 Å². The van der Waals surface area contributed by atoms with Gasteiger partial charge in [0.25, 0.3) is 10.0 Å². The SMILES string of the molecule is COc1ccc(-c2cc(NS(=O)(=O)c3cc(NC(C)=O)ccc3OC)ccc2OC(F)F)cc1. The Bertz CT molecular complexity index is 1280. The molecule has 2 N–H and O–H groups in total. The molecule has 180 valence electrons. The van der Waals surface area contributed by atoms with Crippen molar-refractivity contribution >= 4 is 27.3 Å². The number of hydrogen-bond acceptors (Lipinski definition) is 6. The molecule has 0 fully saturated rings. The van der Waals surface area contributed by atoms with Gasteiger partial charge in [-0.25, -0.2) is 8.42 Å². The summed E-state index contributed by atoms with van der Waals surface area (Å²) in [5, 5.41) is 2.51. The van der Waals surface area contributed by atoms with Gasteiger partial charge in [-0.2, -0.15) is 8.78 Å². The van der Waals surface area contributed by atoms with Gasteiger partial charge in [-0.05, 0) is 54.1 Å². The van der Waals surface area contributed by atoms with Gasteiger partial charge in [0, 0.05) is 23.9 Å². The van der Waals surface area contributed by atoms with E-state index in [-0.39, 0.29) is 39.2 Å². The lowest BCUT2D eigenvalue weighted by molar-refractivity contribution is -0.114. The molecule has 0 aliphatic carbocycles. The lowest BCUT2D eigenvalue weighted by Gasteiger charge is -2.16. The first-order valence-electron chi connectivity index (χ1n) is 9.84. The van der Waals surface area contributed by atoms with Crippen LogP contribution in [0.3, 0.4) is 0 Å². The number of rotatable bonds is 9. The van der Waals surface area contributed by atoms with Crippen molar-refractivity contribution in [2.75, 3.05) is 24.3 Å². The summed E-state index contributed by atoms with van der Waals surface area (Å²) in [6, 6.07) is 14.6. The summed E-state index contributed by atoms with van der Waals surface area (Å²) >= 11 is 0.